The summed E-state index contributed by atoms with van der Waals surface area (Å²) in [5.74, 6) is 1.08. The summed E-state index contributed by atoms with van der Waals surface area (Å²) < 4.78 is 5.76. The zero-order chi connectivity index (χ0) is 17.5. The van der Waals surface area contributed by atoms with E-state index in [1.165, 1.54) is 0 Å². The number of amides is 1. The third-order valence-electron chi connectivity index (χ3n) is 4.42. The second kappa shape index (κ2) is 8.87. The van der Waals surface area contributed by atoms with E-state index < -0.39 is 0 Å². The highest BCUT2D eigenvalue weighted by Gasteiger charge is 2.22. The zero-order valence-corrected chi connectivity index (χ0v) is 15.2. The lowest BCUT2D eigenvalue weighted by atomic mass is 10.1. The molecule has 1 amide bonds. The van der Waals surface area contributed by atoms with Gasteiger partial charge < -0.3 is 14.6 Å². The molecule has 0 saturated heterocycles. The molecule has 1 aliphatic heterocycles. The van der Waals surface area contributed by atoms with Crippen LogP contribution in [-0.4, -0.2) is 42.3 Å². The van der Waals surface area contributed by atoms with Gasteiger partial charge in [-0.2, -0.15) is 0 Å². The molecule has 1 aliphatic rings. The molecule has 1 unspecified atom stereocenters. The fraction of sp³-hybridized carbons (Fsp3) is 0.667. The van der Waals surface area contributed by atoms with Crippen molar-refractivity contribution >= 4 is 11.6 Å². The maximum atomic E-state index is 12.3. The van der Waals surface area contributed by atoms with Crippen molar-refractivity contribution in [3.63, 3.8) is 0 Å². The quantitative estimate of drug-likeness (QED) is 0.753. The fourth-order valence-corrected chi connectivity index (χ4v) is 2.80. The van der Waals surface area contributed by atoms with Crippen molar-refractivity contribution in [1.82, 2.24) is 10.2 Å². The third-order valence-corrected chi connectivity index (χ3v) is 4.42. The summed E-state index contributed by atoms with van der Waals surface area (Å²) in [4.78, 5) is 20.0. The SMILES string of the molecule is CCC1=NOC(CNC(=O)c2cc(CN(CC)CC)c(CC)o2)C1. The maximum absolute atomic E-state index is 12.3. The Hall–Kier alpha value is -1.82. The molecule has 0 aromatic carbocycles. The van der Waals surface area contributed by atoms with Crippen LogP contribution in [0.15, 0.2) is 15.6 Å². The van der Waals surface area contributed by atoms with Gasteiger partial charge in [-0.15, -0.1) is 0 Å². The van der Waals surface area contributed by atoms with Gasteiger partial charge in [-0.3, -0.25) is 9.69 Å². The van der Waals surface area contributed by atoms with Crippen molar-refractivity contribution in [3.8, 4) is 0 Å². The standard InChI is InChI=1S/C18H29N3O3/c1-5-14-10-15(24-20-14)11-19-18(22)17-9-13(16(6-2)23-17)12-21(7-3)8-4/h9,15H,5-8,10-12H2,1-4H3,(H,19,22). The van der Waals surface area contributed by atoms with Gasteiger partial charge >= 0.3 is 0 Å². The van der Waals surface area contributed by atoms with E-state index in [-0.39, 0.29) is 12.0 Å². The van der Waals surface area contributed by atoms with E-state index in [9.17, 15) is 4.79 Å². The second-order valence-corrected chi connectivity index (χ2v) is 6.03. The highest BCUT2D eigenvalue weighted by Crippen LogP contribution is 2.19. The highest BCUT2D eigenvalue weighted by molar-refractivity contribution is 5.92. The van der Waals surface area contributed by atoms with Crippen LogP contribution in [-0.2, 0) is 17.8 Å². The first-order chi connectivity index (χ1) is 11.6. The number of aryl methyl sites for hydroxylation is 1. The lowest BCUT2D eigenvalue weighted by Gasteiger charge is -2.17. The molecule has 1 N–H and O–H groups in total. The molecule has 0 fully saturated rings. The van der Waals surface area contributed by atoms with Crippen LogP contribution in [0.1, 0.15) is 62.4 Å². The Morgan fingerprint density at radius 3 is 2.62 bits per heavy atom. The van der Waals surface area contributed by atoms with Crippen molar-refractivity contribution in [2.75, 3.05) is 19.6 Å². The van der Waals surface area contributed by atoms with Gasteiger partial charge in [-0.1, -0.05) is 32.9 Å². The maximum Gasteiger partial charge on any atom is 0.287 e. The Morgan fingerprint density at radius 2 is 2.04 bits per heavy atom. The van der Waals surface area contributed by atoms with Gasteiger partial charge in [0.2, 0.25) is 0 Å². The largest absolute Gasteiger partial charge is 0.456 e. The van der Waals surface area contributed by atoms with Crippen LogP contribution >= 0.6 is 0 Å². The minimum absolute atomic E-state index is 0.0698. The van der Waals surface area contributed by atoms with Crippen LogP contribution < -0.4 is 5.32 Å². The summed E-state index contributed by atoms with van der Waals surface area (Å²) in [5, 5.41) is 6.89. The van der Waals surface area contributed by atoms with Crippen LogP contribution in [0.3, 0.4) is 0 Å². The van der Waals surface area contributed by atoms with Gasteiger partial charge in [0.25, 0.3) is 5.91 Å². The highest BCUT2D eigenvalue weighted by atomic mass is 16.6. The molecule has 1 atom stereocenters. The van der Waals surface area contributed by atoms with Crippen LogP contribution in [0, 0.1) is 0 Å². The van der Waals surface area contributed by atoms with Gasteiger partial charge in [0, 0.05) is 24.9 Å². The average Bonchev–Trinajstić information content (AvgIpc) is 3.23. The molecule has 0 bridgehead atoms. The van der Waals surface area contributed by atoms with Gasteiger partial charge in [0.1, 0.15) is 11.9 Å². The smallest absolute Gasteiger partial charge is 0.287 e. The van der Waals surface area contributed by atoms with Crippen LogP contribution in [0.25, 0.3) is 0 Å². The summed E-state index contributed by atoms with van der Waals surface area (Å²) in [5.41, 5.74) is 2.14. The summed E-state index contributed by atoms with van der Waals surface area (Å²) >= 11 is 0. The fourth-order valence-electron chi connectivity index (χ4n) is 2.80. The molecule has 0 saturated carbocycles. The predicted octanol–water partition coefficient (Wildman–Crippen LogP) is 2.97. The first-order valence-electron chi connectivity index (χ1n) is 8.94. The molecule has 2 rings (SSSR count). The minimum atomic E-state index is -0.191. The van der Waals surface area contributed by atoms with Crippen molar-refractivity contribution in [2.45, 2.75) is 59.6 Å². The Balaban J connectivity index is 1.93. The number of carbonyl (C=O) groups excluding carboxylic acids is 1. The van der Waals surface area contributed by atoms with Gasteiger partial charge in [-0.25, -0.2) is 0 Å². The summed E-state index contributed by atoms with van der Waals surface area (Å²) in [6, 6.07) is 1.87. The second-order valence-electron chi connectivity index (χ2n) is 6.03. The summed E-state index contributed by atoms with van der Waals surface area (Å²) in [6.45, 7) is 11.6. The van der Waals surface area contributed by atoms with E-state index in [1.807, 2.05) is 13.0 Å². The molecular formula is C18H29N3O3. The number of furan rings is 1. The van der Waals surface area contributed by atoms with Gasteiger partial charge in [0.15, 0.2) is 5.76 Å². The van der Waals surface area contributed by atoms with E-state index in [2.05, 4.69) is 36.1 Å². The Labute approximate surface area is 144 Å². The molecule has 1 aromatic rings. The summed E-state index contributed by atoms with van der Waals surface area (Å²) in [7, 11) is 0. The van der Waals surface area contributed by atoms with Crippen molar-refractivity contribution in [1.29, 1.82) is 0 Å². The number of hydrogen-bond acceptors (Lipinski definition) is 5. The molecule has 0 aliphatic carbocycles. The molecular weight excluding hydrogens is 306 g/mol. The third kappa shape index (κ3) is 4.60. The van der Waals surface area contributed by atoms with Crippen LogP contribution in [0.4, 0.5) is 0 Å². The zero-order valence-electron chi connectivity index (χ0n) is 15.2. The van der Waals surface area contributed by atoms with E-state index in [1.54, 1.807) is 0 Å². The number of rotatable bonds is 9. The van der Waals surface area contributed by atoms with Gasteiger partial charge in [0.05, 0.1) is 12.3 Å². The van der Waals surface area contributed by atoms with Crippen molar-refractivity contribution in [2.24, 2.45) is 5.16 Å². The van der Waals surface area contributed by atoms with Crippen LogP contribution in [0.2, 0.25) is 0 Å². The Kier molecular flexibility index (Phi) is 6.85. The normalized spacial score (nSPS) is 17.0. The first kappa shape index (κ1) is 18.5. The number of hydrogen-bond donors (Lipinski definition) is 1. The van der Waals surface area contributed by atoms with E-state index in [4.69, 9.17) is 9.25 Å². The Morgan fingerprint density at radius 1 is 1.29 bits per heavy atom. The average molecular weight is 335 g/mol. The molecule has 6 heteroatoms. The molecule has 134 valence electrons. The molecule has 1 aromatic heterocycles. The number of carbonyl (C=O) groups is 1. The van der Waals surface area contributed by atoms with E-state index in [0.717, 1.165) is 55.9 Å². The molecule has 2 heterocycles. The van der Waals surface area contributed by atoms with Crippen molar-refractivity contribution in [3.05, 3.63) is 23.2 Å². The number of nitrogens with one attached hydrogen (secondary N) is 1. The Bertz CT molecular complexity index is 576. The summed E-state index contributed by atoms with van der Waals surface area (Å²) in [6.07, 6.45) is 2.38. The first-order valence-corrected chi connectivity index (χ1v) is 8.94. The molecule has 0 radical (unpaired) electrons. The topological polar surface area (TPSA) is 67.1 Å². The minimum Gasteiger partial charge on any atom is -0.456 e. The van der Waals surface area contributed by atoms with E-state index in [0.29, 0.717) is 12.3 Å². The lowest BCUT2D eigenvalue weighted by Crippen LogP contribution is -2.32. The molecule has 0 spiro atoms. The van der Waals surface area contributed by atoms with Crippen molar-refractivity contribution < 1.29 is 14.0 Å². The monoisotopic (exact) mass is 335 g/mol. The van der Waals surface area contributed by atoms with Gasteiger partial charge in [-0.05, 0) is 25.6 Å². The molecule has 24 heavy (non-hydrogen) atoms. The number of nitrogens with zero attached hydrogens (tertiary/aromatic N) is 2. The molecule has 6 nitrogen and oxygen atoms in total. The lowest BCUT2D eigenvalue weighted by molar-refractivity contribution is 0.0739. The van der Waals surface area contributed by atoms with Crippen LogP contribution in [0.5, 0.6) is 0 Å². The predicted molar refractivity (Wildman–Crippen MR) is 94.3 cm³/mol. The van der Waals surface area contributed by atoms with E-state index >= 15 is 0 Å². The number of oxime groups is 1.